The van der Waals surface area contributed by atoms with Gasteiger partial charge in [0, 0.05) is 25.8 Å². The van der Waals surface area contributed by atoms with Gasteiger partial charge >= 0.3 is 0 Å². The average Bonchev–Trinajstić information content (AvgIpc) is 3.06. The van der Waals surface area contributed by atoms with Crippen LogP contribution in [0, 0.1) is 0 Å². The summed E-state index contributed by atoms with van der Waals surface area (Å²) in [6.45, 7) is 4.64. The van der Waals surface area contributed by atoms with Crippen LogP contribution in [-0.4, -0.2) is 36.4 Å². The molecule has 3 rings (SSSR count). The van der Waals surface area contributed by atoms with Crippen LogP contribution in [0.4, 0.5) is 17.3 Å². The van der Waals surface area contributed by atoms with Crippen LogP contribution in [0.3, 0.4) is 0 Å². The number of benzene rings is 2. The number of anilines is 1. The predicted octanol–water partition coefficient (Wildman–Crippen LogP) is 5.43. The second kappa shape index (κ2) is 10.2. The van der Waals surface area contributed by atoms with Gasteiger partial charge in [0.25, 0.3) is 0 Å². The molecule has 0 saturated heterocycles. The van der Waals surface area contributed by atoms with E-state index in [0.717, 1.165) is 54.2 Å². The minimum Gasteiger partial charge on any atom is -0.372 e. The van der Waals surface area contributed by atoms with Crippen molar-refractivity contribution in [2.75, 3.05) is 31.7 Å². The summed E-state index contributed by atoms with van der Waals surface area (Å²) < 4.78 is 12.0. The van der Waals surface area contributed by atoms with Crippen molar-refractivity contribution in [2.45, 2.75) is 13.3 Å². The summed E-state index contributed by atoms with van der Waals surface area (Å²) in [5.41, 5.74) is 3.91. The zero-order chi connectivity index (χ0) is 19.8. The van der Waals surface area contributed by atoms with Gasteiger partial charge in [0.1, 0.15) is 0 Å². The van der Waals surface area contributed by atoms with E-state index in [9.17, 15) is 0 Å². The molecule has 2 aromatic carbocycles. The number of hydrogen-bond acceptors (Lipinski definition) is 7. The Balaban J connectivity index is 1.62. The second-order valence-corrected chi connectivity index (χ2v) is 6.87. The normalized spacial score (nSPS) is 11.5. The minimum absolute atomic E-state index is 0.592. The van der Waals surface area contributed by atoms with Gasteiger partial charge in [-0.3, -0.25) is 8.37 Å². The molecule has 0 unspecified atom stereocenters. The van der Waals surface area contributed by atoms with Crippen molar-refractivity contribution in [3.63, 3.8) is 0 Å². The summed E-state index contributed by atoms with van der Waals surface area (Å²) in [6.07, 6.45) is 0.929. The maximum absolute atomic E-state index is 5.27. The monoisotopic (exact) mass is 399 g/mol. The summed E-state index contributed by atoms with van der Waals surface area (Å²) in [5, 5.41) is 8.66. The lowest BCUT2D eigenvalue weighted by Crippen LogP contribution is -2.24. The number of nitrogens with zero attached hydrogens (tertiary/aromatic N) is 5. The van der Waals surface area contributed by atoms with Crippen LogP contribution < -0.4 is 4.90 Å². The van der Waals surface area contributed by atoms with E-state index < -0.39 is 0 Å². The lowest BCUT2D eigenvalue weighted by atomic mass is 10.2. The number of hydrogen-bond donors (Lipinski definition) is 0. The quantitative estimate of drug-likeness (QED) is 0.258. The molecule has 28 heavy (non-hydrogen) atoms. The molecule has 0 fully saturated rings. The van der Waals surface area contributed by atoms with Crippen LogP contribution in [-0.2, 0) is 15.4 Å². The van der Waals surface area contributed by atoms with Crippen LogP contribution in [0.2, 0.25) is 0 Å². The van der Waals surface area contributed by atoms with Crippen molar-refractivity contribution in [1.29, 1.82) is 0 Å². The van der Waals surface area contributed by atoms with Crippen molar-refractivity contribution in [3.8, 4) is 0 Å². The zero-order valence-corrected chi connectivity index (χ0v) is 17.2. The number of azo groups is 1. The van der Waals surface area contributed by atoms with Crippen molar-refractivity contribution < 1.29 is 8.37 Å². The maximum Gasteiger partial charge on any atom is 0.250 e. The molecule has 0 bridgehead atoms. The van der Waals surface area contributed by atoms with Gasteiger partial charge in [-0.2, -0.15) is 0 Å². The summed E-state index contributed by atoms with van der Waals surface area (Å²) in [5.74, 6) is 0.592. The fourth-order valence-electron chi connectivity index (χ4n) is 2.92. The molecule has 8 heteroatoms. The molecule has 0 aliphatic rings. The van der Waals surface area contributed by atoms with Gasteiger partial charge in [0.2, 0.25) is 5.95 Å². The fraction of sp³-hybridized carbons (Fsp3) is 0.350. The van der Waals surface area contributed by atoms with E-state index in [0.29, 0.717) is 12.6 Å². The van der Waals surface area contributed by atoms with Gasteiger partial charge in [0.15, 0.2) is 12.3 Å². The molecule has 0 saturated carbocycles. The van der Waals surface area contributed by atoms with Crippen LogP contribution in [0.25, 0.3) is 11.0 Å². The van der Waals surface area contributed by atoms with Crippen LogP contribution >= 0.6 is 12.3 Å². The fourth-order valence-corrected chi connectivity index (χ4v) is 3.20. The zero-order valence-electron chi connectivity index (χ0n) is 16.4. The predicted molar refractivity (Wildman–Crippen MR) is 114 cm³/mol. The van der Waals surface area contributed by atoms with Crippen LogP contribution in [0.1, 0.15) is 13.3 Å². The van der Waals surface area contributed by atoms with Crippen LogP contribution in [0.15, 0.2) is 58.8 Å². The molecule has 0 spiro atoms. The highest BCUT2D eigenvalue weighted by Gasteiger charge is 2.07. The third-order valence-electron chi connectivity index (χ3n) is 4.39. The SMILES string of the molecule is CCN(CCCOSOC)c1ccc(N=Nc2nc3ccccc3n2C)cc1. The number of aryl methyl sites for hydroxylation is 1. The minimum atomic E-state index is 0.592. The summed E-state index contributed by atoms with van der Waals surface area (Å²) in [7, 11) is 3.54. The van der Waals surface area contributed by atoms with Gasteiger partial charge in [-0.1, -0.05) is 12.1 Å². The van der Waals surface area contributed by atoms with Gasteiger partial charge in [-0.25, -0.2) is 4.98 Å². The molecule has 7 nitrogen and oxygen atoms in total. The Labute approximate surface area is 169 Å². The molecule has 0 aliphatic heterocycles. The molecule has 0 aliphatic carbocycles. The molecule has 1 heterocycles. The number of imidazole rings is 1. The first-order valence-electron chi connectivity index (χ1n) is 9.23. The second-order valence-electron chi connectivity index (χ2n) is 6.17. The van der Waals surface area contributed by atoms with E-state index in [1.807, 2.05) is 48.0 Å². The number of aromatic nitrogens is 2. The van der Waals surface area contributed by atoms with Crippen molar-refractivity contribution in [2.24, 2.45) is 17.3 Å². The molecule has 1 aromatic heterocycles. The Morgan fingerprint density at radius 3 is 2.61 bits per heavy atom. The first-order chi connectivity index (χ1) is 13.7. The smallest absolute Gasteiger partial charge is 0.250 e. The summed E-state index contributed by atoms with van der Waals surface area (Å²) >= 11 is 1.02. The standard InChI is InChI=1S/C20H25N5O2S/c1-4-25(14-7-15-27-28-26-3)17-12-10-16(11-13-17)22-23-20-21-18-8-5-6-9-19(18)24(20)2/h5-6,8-13H,4,7,14-15H2,1-3H3. The topological polar surface area (TPSA) is 64.2 Å². The molecule has 3 aromatic rings. The number of fused-ring (bicyclic) bond motifs is 1. The molecular formula is C20H25N5O2S. The highest BCUT2D eigenvalue weighted by atomic mass is 32.2. The molecule has 0 radical (unpaired) electrons. The Morgan fingerprint density at radius 2 is 1.89 bits per heavy atom. The van der Waals surface area contributed by atoms with Gasteiger partial charge in [0.05, 0.1) is 30.4 Å². The third kappa shape index (κ3) is 5.09. The highest BCUT2D eigenvalue weighted by molar-refractivity contribution is 7.89. The van der Waals surface area contributed by atoms with Gasteiger partial charge in [-0.05, 0) is 49.7 Å². The summed E-state index contributed by atoms with van der Waals surface area (Å²) in [4.78, 5) is 6.81. The Morgan fingerprint density at radius 1 is 1.11 bits per heavy atom. The Bertz CT molecular complexity index is 911. The molecule has 0 atom stereocenters. The lowest BCUT2D eigenvalue weighted by molar-refractivity contribution is 0.316. The number of rotatable bonds is 10. The first kappa shape index (κ1) is 20.3. The largest absolute Gasteiger partial charge is 0.372 e. The molecule has 148 valence electrons. The third-order valence-corrected chi connectivity index (χ3v) is 4.79. The van der Waals surface area contributed by atoms with Crippen molar-refractivity contribution >= 4 is 40.7 Å². The first-order valence-corrected chi connectivity index (χ1v) is 9.90. The summed E-state index contributed by atoms with van der Waals surface area (Å²) in [6, 6.07) is 16.0. The van der Waals surface area contributed by atoms with E-state index in [1.54, 1.807) is 7.11 Å². The Hall–Kier alpha value is -2.42. The van der Waals surface area contributed by atoms with E-state index in [2.05, 4.69) is 39.2 Å². The van der Waals surface area contributed by atoms with Crippen LogP contribution in [0.5, 0.6) is 0 Å². The van der Waals surface area contributed by atoms with Crippen molar-refractivity contribution in [3.05, 3.63) is 48.5 Å². The van der Waals surface area contributed by atoms with Gasteiger partial charge in [-0.15, -0.1) is 10.2 Å². The molecule has 0 amide bonds. The highest BCUT2D eigenvalue weighted by Crippen LogP contribution is 2.24. The van der Waals surface area contributed by atoms with Gasteiger partial charge < -0.3 is 9.47 Å². The number of para-hydroxylation sites is 2. The maximum atomic E-state index is 5.27. The molecular weight excluding hydrogens is 374 g/mol. The van der Waals surface area contributed by atoms with E-state index >= 15 is 0 Å². The lowest BCUT2D eigenvalue weighted by Gasteiger charge is -2.22. The average molecular weight is 400 g/mol. The van der Waals surface area contributed by atoms with Crippen molar-refractivity contribution in [1.82, 2.24) is 9.55 Å². The van der Waals surface area contributed by atoms with E-state index in [4.69, 9.17) is 8.37 Å². The van der Waals surface area contributed by atoms with E-state index in [1.165, 1.54) is 0 Å². The molecule has 0 N–H and O–H groups in total. The van der Waals surface area contributed by atoms with E-state index in [-0.39, 0.29) is 0 Å². The Kier molecular flexibility index (Phi) is 7.41.